The van der Waals surface area contributed by atoms with Gasteiger partial charge in [-0.15, -0.1) is 11.6 Å². The molecule has 4 heteroatoms. The fourth-order valence-corrected chi connectivity index (χ4v) is 1.43. The van der Waals surface area contributed by atoms with E-state index in [1.165, 1.54) is 0 Å². The van der Waals surface area contributed by atoms with Crippen molar-refractivity contribution in [1.82, 2.24) is 4.90 Å². The normalized spacial score (nSPS) is 11.1. The summed E-state index contributed by atoms with van der Waals surface area (Å²) in [6.45, 7) is 6.22. The molecule has 0 saturated carbocycles. The molecule has 0 aliphatic carbocycles. The fraction of sp³-hybridized carbons (Fsp3) is 0.636. The van der Waals surface area contributed by atoms with Gasteiger partial charge in [0.05, 0.1) is 26.0 Å². The Kier molecular flexibility index (Phi) is 6.48. The molecule has 0 radical (unpaired) electrons. The molecule has 0 bridgehead atoms. The van der Waals surface area contributed by atoms with Gasteiger partial charge in [0, 0.05) is 12.4 Å². The zero-order chi connectivity index (χ0) is 10.9. The van der Waals surface area contributed by atoms with Crippen LogP contribution in [0.5, 0.6) is 0 Å². The molecule has 0 atom stereocenters. The van der Waals surface area contributed by atoms with Crippen LogP contribution in [-0.4, -0.2) is 37.1 Å². The molecular weight excluding hydrogens is 214 g/mol. The van der Waals surface area contributed by atoms with Crippen LogP contribution in [0.15, 0.2) is 22.8 Å². The molecule has 86 valence electrons. The van der Waals surface area contributed by atoms with Gasteiger partial charge in [0.1, 0.15) is 5.76 Å². The van der Waals surface area contributed by atoms with Gasteiger partial charge in [0.15, 0.2) is 0 Å². The highest BCUT2D eigenvalue weighted by Gasteiger charge is 2.04. The highest BCUT2D eigenvalue weighted by molar-refractivity contribution is 6.17. The first-order valence-electron chi connectivity index (χ1n) is 5.25. The second-order valence-electron chi connectivity index (χ2n) is 3.25. The molecule has 0 fully saturated rings. The lowest BCUT2D eigenvalue weighted by molar-refractivity contribution is 0.111. The van der Waals surface area contributed by atoms with Gasteiger partial charge in [-0.3, -0.25) is 4.90 Å². The standard InChI is InChI=1S/C11H18ClNO2/c1-2-13(6-9-14-8-5-12)10-11-4-3-7-15-11/h3-4,7H,2,5-6,8-10H2,1H3. The number of rotatable bonds is 8. The molecule has 0 saturated heterocycles. The van der Waals surface area contributed by atoms with Gasteiger partial charge in [0.2, 0.25) is 0 Å². The van der Waals surface area contributed by atoms with E-state index in [2.05, 4.69) is 11.8 Å². The number of hydrogen-bond acceptors (Lipinski definition) is 3. The summed E-state index contributed by atoms with van der Waals surface area (Å²) in [6, 6.07) is 3.90. The summed E-state index contributed by atoms with van der Waals surface area (Å²) in [4.78, 5) is 2.27. The lowest BCUT2D eigenvalue weighted by Crippen LogP contribution is -2.27. The molecule has 0 spiro atoms. The molecule has 0 unspecified atom stereocenters. The van der Waals surface area contributed by atoms with Gasteiger partial charge in [-0.25, -0.2) is 0 Å². The minimum atomic E-state index is 0.560. The third-order valence-corrected chi connectivity index (χ3v) is 2.33. The predicted molar refractivity (Wildman–Crippen MR) is 61.2 cm³/mol. The lowest BCUT2D eigenvalue weighted by Gasteiger charge is -2.18. The molecular formula is C11H18ClNO2. The second kappa shape index (κ2) is 7.74. The average molecular weight is 232 g/mol. The van der Waals surface area contributed by atoms with Crippen molar-refractivity contribution in [3.63, 3.8) is 0 Å². The first-order chi connectivity index (χ1) is 7.36. The smallest absolute Gasteiger partial charge is 0.117 e. The molecule has 3 nitrogen and oxygen atoms in total. The van der Waals surface area contributed by atoms with E-state index < -0.39 is 0 Å². The van der Waals surface area contributed by atoms with Crippen LogP contribution in [0.2, 0.25) is 0 Å². The van der Waals surface area contributed by atoms with Crippen LogP contribution in [0.1, 0.15) is 12.7 Å². The topological polar surface area (TPSA) is 25.6 Å². The summed E-state index contributed by atoms with van der Waals surface area (Å²) in [5.74, 6) is 1.55. The highest BCUT2D eigenvalue weighted by atomic mass is 35.5. The SMILES string of the molecule is CCN(CCOCCCl)Cc1ccco1. The summed E-state index contributed by atoms with van der Waals surface area (Å²) < 4.78 is 10.6. The predicted octanol–water partition coefficient (Wildman–Crippen LogP) is 2.36. The molecule has 0 N–H and O–H groups in total. The Bertz CT molecular complexity index is 239. The number of alkyl halides is 1. The number of likely N-dealkylation sites (N-methyl/N-ethyl adjacent to an activating group) is 1. The van der Waals surface area contributed by atoms with E-state index >= 15 is 0 Å². The molecule has 1 heterocycles. The summed E-state index contributed by atoms with van der Waals surface area (Å²) in [5, 5.41) is 0. The van der Waals surface area contributed by atoms with Crippen molar-refractivity contribution in [1.29, 1.82) is 0 Å². The van der Waals surface area contributed by atoms with Gasteiger partial charge in [-0.1, -0.05) is 6.92 Å². The van der Waals surface area contributed by atoms with Crippen molar-refractivity contribution in [2.24, 2.45) is 0 Å². The first-order valence-corrected chi connectivity index (χ1v) is 5.78. The Labute approximate surface area is 96.0 Å². The number of hydrogen-bond donors (Lipinski definition) is 0. The van der Waals surface area contributed by atoms with Crippen LogP contribution in [0.25, 0.3) is 0 Å². The maximum Gasteiger partial charge on any atom is 0.117 e. The minimum Gasteiger partial charge on any atom is -0.468 e. The van der Waals surface area contributed by atoms with Crippen molar-refractivity contribution in [3.05, 3.63) is 24.2 Å². The maximum absolute atomic E-state index is 5.51. The van der Waals surface area contributed by atoms with E-state index in [4.69, 9.17) is 20.8 Å². The third-order valence-electron chi connectivity index (χ3n) is 2.18. The second-order valence-corrected chi connectivity index (χ2v) is 3.63. The van der Waals surface area contributed by atoms with Crippen molar-refractivity contribution in [2.75, 3.05) is 32.2 Å². The van der Waals surface area contributed by atoms with Crippen molar-refractivity contribution >= 4 is 11.6 Å². The number of halogens is 1. The van der Waals surface area contributed by atoms with Crippen LogP contribution in [0, 0.1) is 0 Å². The van der Waals surface area contributed by atoms with Crippen molar-refractivity contribution < 1.29 is 9.15 Å². The molecule has 15 heavy (non-hydrogen) atoms. The zero-order valence-corrected chi connectivity index (χ0v) is 9.87. The fourth-order valence-electron chi connectivity index (χ4n) is 1.32. The molecule has 1 aromatic heterocycles. The monoisotopic (exact) mass is 231 g/mol. The van der Waals surface area contributed by atoms with Crippen molar-refractivity contribution in [3.8, 4) is 0 Å². The molecule has 1 rings (SSSR count). The van der Waals surface area contributed by atoms with Crippen LogP contribution in [0.3, 0.4) is 0 Å². The molecule has 0 amide bonds. The molecule has 1 aromatic rings. The Morgan fingerprint density at radius 3 is 2.93 bits per heavy atom. The van der Waals surface area contributed by atoms with E-state index in [1.807, 2.05) is 12.1 Å². The maximum atomic E-state index is 5.51. The number of nitrogens with zero attached hydrogens (tertiary/aromatic N) is 1. The summed E-state index contributed by atoms with van der Waals surface area (Å²) in [5.41, 5.74) is 0. The van der Waals surface area contributed by atoms with Gasteiger partial charge >= 0.3 is 0 Å². The van der Waals surface area contributed by atoms with Crippen LogP contribution >= 0.6 is 11.6 Å². The molecule has 0 aromatic carbocycles. The Morgan fingerprint density at radius 1 is 1.47 bits per heavy atom. The average Bonchev–Trinajstić information content (AvgIpc) is 2.75. The van der Waals surface area contributed by atoms with Gasteiger partial charge in [0.25, 0.3) is 0 Å². The number of furan rings is 1. The van der Waals surface area contributed by atoms with E-state index in [-0.39, 0.29) is 0 Å². The molecule has 0 aliphatic heterocycles. The minimum absolute atomic E-state index is 0.560. The first kappa shape index (κ1) is 12.6. The van der Waals surface area contributed by atoms with E-state index in [0.717, 1.165) is 32.0 Å². The third kappa shape index (κ3) is 5.21. The van der Waals surface area contributed by atoms with E-state index in [0.29, 0.717) is 12.5 Å². The van der Waals surface area contributed by atoms with Crippen LogP contribution in [0.4, 0.5) is 0 Å². The Hall–Kier alpha value is -0.510. The summed E-state index contributed by atoms with van der Waals surface area (Å²) >= 11 is 5.51. The van der Waals surface area contributed by atoms with Crippen LogP contribution in [-0.2, 0) is 11.3 Å². The quantitative estimate of drug-likeness (QED) is 0.507. The van der Waals surface area contributed by atoms with Crippen LogP contribution < -0.4 is 0 Å². The lowest BCUT2D eigenvalue weighted by atomic mass is 10.4. The highest BCUT2D eigenvalue weighted by Crippen LogP contribution is 2.04. The largest absolute Gasteiger partial charge is 0.468 e. The van der Waals surface area contributed by atoms with Crippen molar-refractivity contribution in [2.45, 2.75) is 13.5 Å². The van der Waals surface area contributed by atoms with E-state index in [9.17, 15) is 0 Å². The zero-order valence-electron chi connectivity index (χ0n) is 9.12. The summed E-state index contributed by atoms with van der Waals surface area (Å²) in [7, 11) is 0. The van der Waals surface area contributed by atoms with Gasteiger partial charge in [-0.2, -0.15) is 0 Å². The van der Waals surface area contributed by atoms with Gasteiger partial charge in [-0.05, 0) is 18.7 Å². The van der Waals surface area contributed by atoms with Gasteiger partial charge < -0.3 is 9.15 Å². The molecule has 0 aliphatic rings. The summed E-state index contributed by atoms with van der Waals surface area (Å²) in [6.07, 6.45) is 1.70. The Morgan fingerprint density at radius 2 is 2.33 bits per heavy atom. The Balaban J connectivity index is 2.18. The number of ether oxygens (including phenoxy) is 1. The van der Waals surface area contributed by atoms with E-state index in [1.54, 1.807) is 6.26 Å².